The van der Waals surface area contributed by atoms with E-state index in [1.165, 1.54) is 0 Å². The maximum Gasteiger partial charge on any atom is 0.150 e. The quantitative estimate of drug-likeness (QED) is 0.654. The first-order chi connectivity index (χ1) is 6.36. The van der Waals surface area contributed by atoms with Gasteiger partial charge in [-0.15, -0.1) is 11.6 Å². The zero-order chi connectivity index (χ0) is 10.6. The van der Waals surface area contributed by atoms with Gasteiger partial charge in [0.1, 0.15) is 0 Å². The van der Waals surface area contributed by atoms with Crippen LogP contribution in [0, 0.1) is 16.7 Å². The van der Waals surface area contributed by atoms with Crippen LogP contribution in [0.3, 0.4) is 0 Å². The fraction of sp³-hybridized carbons (Fsp3) is 1.00. The zero-order valence-corrected chi connectivity index (χ0v) is 10.3. The number of hydrogen-bond acceptors (Lipinski definition) is 2. The molecule has 0 aromatic rings. The minimum Gasteiger partial charge on any atom is -0.229 e. The van der Waals surface area contributed by atoms with Gasteiger partial charge in [-0.3, -0.25) is 0 Å². The second kappa shape index (κ2) is 2.88. The summed E-state index contributed by atoms with van der Waals surface area (Å²) in [5.41, 5.74) is 0.133. The average Bonchev–Trinajstić information content (AvgIpc) is 2.44. The fourth-order valence-electron chi connectivity index (χ4n) is 3.33. The lowest BCUT2D eigenvalue weighted by Gasteiger charge is -2.25. The summed E-state index contributed by atoms with van der Waals surface area (Å²) in [4.78, 5) is 0. The van der Waals surface area contributed by atoms with Gasteiger partial charge in [0.25, 0.3) is 0 Å². The van der Waals surface area contributed by atoms with Gasteiger partial charge in [-0.05, 0) is 29.6 Å². The van der Waals surface area contributed by atoms with Crippen LogP contribution in [0.25, 0.3) is 0 Å². The monoisotopic (exact) mass is 236 g/mol. The third-order valence-electron chi connectivity index (χ3n) is 4.45. The summed E-state index contributed by atoms with van der Waals surface area (Å²) < 4.78 is 23.2. The van der Waals surface area contributed by atoms with E-state index in [4.69, 9.17) is 11.6 Å². The molecule has 2 aliphatic rings. The lowest BCUT2D eigenvalue weighted by Crippen LogP contribution is -2.30. The average molecular weight is 237 g/mol. The fourth-order valence-corrected chi connectivity index (χ4v) is 6.24. The third-order valence-corrected chi connectivity index (χ3v) is 6.62. The Hall–Kier alpha value is 0.240. The van der Waals surface area contributed by atoms with E-state index in [2.05, 4.69) is 13.8 Å². The molecule has 14 heavy (non-hydrogen) atoms. The van der Waals surface area contributed by atoms with E-state index in [1.807, 2.05) is 0 Å². The van der Waals surface area contributed by atoms with Crippen molar-refractivity contribution < 1.29 is 8.42 Å². The number of halogens is 1. The molecule has 2 nitrogen and oxygen atoms in total. The van der Waals surface area contributed by atoms with Gasteiger partial charge >= 0.3 is 0 Å². The molecule has 2 unspecified atom stereocenters. The van der Waals surface area contributed by atoms with Crippen molar-refractivity contribution in [2.75, 3.05) is 17.4 Å². The Morgan fingerprint density at radius 1 is 1.43 bits per heavy atom. The molecular formula is C10H17ClO2S. The Labute approximate surface area is 90.9 Å². The number of sulfone groups is 1. The van der Waals surface area contributed by atoms with E-state index in [9.17, 15) is 8.42 Å². The summed E-state index contributed by atoms with van der Waals surface area (Å²) in [6, 6.07) is 0. The Morgan fingerprint density at radius 3 is 2.50 bits per heavy atom. The van der Waals surface area contributed by atoms with Crippen molar-refractivity contribution in [1.29, 1.82) is 0 Å². The first kappa shape index (κ1) is 10.7. The molecule has 0 bridgehead atoms. The van der Waals surface area contributed by atoms with Crippen molar-refractivity contribution in [1.82, 2.24) is 0 Å². The van der Waals surface area contributed by atoms with Crippen LogP contribution in [0.4, 0.5) is 0 Å². The van der Waals surface area contributed by atoms with Crippen LogP contribution in [0.1, 0.15) is 26.7 Å². The van der Waals surface area contributed by atoms with Crippen molar-refractivity contribution in [3.8, 4) is 0 Å². The Balaban J connectivity index is 2.28. The van der Waals surface area contributed by atoms with E-state index < -0.39 is 9.84 Å². The Kier molecular flexibility index (Phi) is 2.21. The Morgan fingerprint density at radius 2 is 2.07 bits per heavy atom. The second-order valence-electron chi connectivity index (χ2n) is 5.28. The van der Waals surface area contributed by atoms with Gasteiger partial charge in [0, 0.05) is 5.88 Å². The van der Waals surface area contributed by atoms with Crippen LogP contribution in [0.15, 0.2) is 0 Å². The molecule has 2 fully saturated rings. The number of alkyl halides is 1. The smallest absolute Gasteiger partial charge is 0.150 e. The second-order valence-corrected chi connectivity index (χ2v) is 7.77. The first-order valence-electron chi connectivity index (χ1n) is 5.12. The standard InChI is InChI=1S/C10H17ClO2S/c1-9(2)8(6-11)10(9)4-3-5-14(12,13)7-10/h8H,3-7H2,1-2H3. The van der Waals surface area contributed by atoms with Gasteiger partial charge in [-0.1, -0.05) is 13.8 Å². The minimum atomic E-state index is -2.80. The SMILES string of the molecule is CC1(C)C(CCl)C12CCCS(=O)(=O)C2. The highest BCUT2D eigenvalue weighted by Crippen LogP contribution is 2.72. The lowest BCUT2D eigenvalue weighted by molar-refractivity contribution is 0.371. The van der Waals surface area contributed by atoms with Gasteiger partial charge in [0.15, 0.2) is 9.84 Å². The van der Waals surface area contributed by atoms with E-state index in [1.54, 1.807) is 0 Å². The number of hydrogen-bond donors (Lipinski definition) is 0. The molecule has 1 aliphatic carbocycles. The highest BCUT2D eigenvalue weighted by Gasteiger charge is 2.71. The third kappa shape index (κ3) is 1.25. The van der Waals surface area contributed by atoms with Crippen LogP contribution in [0.5, 0.6) is 0 Å². The first-order valence-corrected chi connectivity index (χ1v) is 7.48. The van der Waals surface area contributed by atoms with Crippen molar-refractivity contribution in [3.05, 3.63) is 0 Å². The minimum absolute atomic E-state index is 0.00579. The van der Waals surface area contributed by atoms with Crippen LogP contribution < -0.4 is 0 Å². The highest BCUT2D eigenvalue weighted by atomic mass is 35.5. The predicted octanol–water partition coefficient (Wildman–Crippen LogP) is 2.08. The van der Waals surface area contributed by atoms with Gasteiger partial charge in [0.2, 0.25) is 0 Å². The maximum absolute atomic E-state index is 11.6. The molecule has 0 radical (unpaired) electrons. The molecular weight excluding hydrogens is 220 g/mol. The Bertz CT molecular complexity index is 347. The maximum atomic E-state index is 11.6. The molecule has 0 N–H and O–H groups in total. The van der Waals surface area contributed by atoms with Gasteiger partial charge in [-0.2, -0.15) is 0 Å². The normalized spacial score (nSPS) is 43.8. The molecule has 1 saturated heterocycles. The molecule has 0 aromatic carbocycles. The van der Waals surface area contributed by atoms with Crippen molar-refractivity contribution in [3.63, 3.8) is 0 Å². The van der Waals surface area contributed by atoms with Crippen LogP contribution in [-0.2, 0) is 9.84 Å². The zero-order valence-electron chi connectivity index (χ0n) is 8.72. The summed E-state index contributed by atoms with van der Waals surface area (Å²) in [6.07, 6.45) is 1.86. The van der Waals surface area contributed by atoms with Crippen molar-refractivity contribution in [2.45, 2.75) is 26.7 Å². The van der Waals surface area contributed by atoms with E-state index >= 15 is 0 Å². The molecule has 2 rings (SSSR count). The molecule has 1 spiro atoms. The van der Waals surface area contributed by atoms with Gasteiger partial charge < -0.3 is 0 Å². The van der Waals surface area contributed by atoms with Gasteiger partial charge in [0.05, 0.1) is 11.5 Å². The number of rotatable bonds is 1. The molecule has 2 atom stereocenters. The summed E-state index contributed by atoms with van der Waals surface area (Å²) in [5, 5.41) is 0. The van der Waals surface area contributed by atoms with E-state index in [0.717, 1.165) is 12.8 Å². The predicted molar refractivity (Wildman–Crippen MR) is 58.3 cm³/mol. The molecule has 4 heteroatoms. The largest absolute Gasteiger partial charge is 0.229 e. The topological polar surface area (TPSA) is 34.1 Å². The molecule has 1 aliphatic heterocycles. The summed E-state index contributed by atoms with van der Waals surface area (Å²) in [6.45, 7) is 4.31. The van der Waals surface area contributed by atoms with E-state index in [-0.39, 0.29) is 10.8 Å². The lowest BCUT2D eigenvalue weighted by atomic mass is 9.92. The highest BCUT2D eigenvalue weighted by molar-refractivity contribution is 7.91. The van der Waals surface area contributed by atoms with Crippen LogP contribution in [-0.4, -0.2) is 25.8 Å². The summed E-state index contributed by atoms with van der Waals surface area (Å²) >= 11 is 5.90. The van der Waals surface area contributed by atoms with Crippen molar-refractivity contribution in [2.24, 2.45) is 16.7 Å². The van der Waals surface area contributed by atoms with Crippen LogP contribution in [0.2, 0.25) is 0 Å². The molecule has 0 aromatic heterocycles. The van der Waals surface area contributed by atoms with Crippen molar-refractivity contribution >= 4 is 21.4 Å². The van der Waals surface area contributed by atoms with E-state index in [0.29, 0.717) is 23.3 Å². The van der Waals surface area contributed by atoms with Crippen LogP contribution >= 0.6 is 11.6 Å². The molecule has 1 saturated carbocycles. The van der Waals surface area contributed by atoms with Gasteiger partial charge in [-0.25, -0.2) is 8.42 Å². The summed E-state index contributed by atoms with van der Waals surface area (Å²) in [5.74, 6) is 1.74. The summed E-state index contributed by atoms with van der Waals surface area (Å²) in [7, 11) is -2.80. The molecule has 82 valence electrons. The molecule has 1 heterocycles. The molecule has 0 amide bonds.